The zero-order valence-corrected chi connectivity index (χ0v) is 21.5. The Morgan fingerprint density at radius 3 is 2.83 bits per heavy atom. The van der Waals surface area contributed by atoms with Gasteiger partial charge in [0.15, 0.2) is 10.9 Å². The number of fused-ring (bicyclic) bond motifs is 2. The van der Waals surface area contributed by atoms with Gasteiger partial charge in [-0.1, -0.05) is 23.7 Å². The minimum absolute atomic E-state index is 0.237. The van der Waals surface area contributed by atoms with Crippen LogP contribution in [0.4, 0.5) is 10.2 Å². The predicted molar refractivity (Wildman–Crippen MR) is 143 cm³/mol. The van der Waals surface area contributed by atoms with Gasteiger partial charge >= 0.3 is 0 Å². The molecule has 1 unspecified atom stereocenters. The van der Waals surface area contributed by atoms with E-state index in [1.54, 1.807) is 18.5 Å². The van der Waals surface area contributed by atoms with E-state index in [-0.39, 0.29) is 27.9 Å². The molecule has 1 amide bonds. The Hall–Kier alpha value is -3.34. The fourth-order valence-corrected chi connectivity index (χ4v) is 4.43. The van der Waals surface area contributed by atoms with Crippen LogP contribution in [0.3, 0.4) is 0 Å². The summed E-state index contributed by atoms with van der Waals surface area (Å²) in [6.07, 6.45) is 6.24. The maximum Gasteiger partial charge on any atom is 0.252 e. The van der Waals surface area contributed by atoms with Gasteiger partial charge in [0.1, 0.15) is 5.82 Å². The van der Waals surface area contributed by atoms with Crippen LogP contribution >= 0.6 is 23.8 Å². The number of hydrogen-bond acceptors (Lipinski definition) is 6. The van der Waals surface area contributed by atoms with Gasteiger partial charge < -0.3 is 15.5 Å². The Bertz CT molecular complexity index is 1270. The molecule has 2 aromatic heterocycles. The van der Waals surface area contributed by atoms with Crippen molar-refractivity contribution in [3.8, 4) is 0 Å². The maximum atomic E-state index is 14.6. The topological polar surface area (TPSA) is 94.2 Å². The molecule has 0 radical (unpaired) electrons. The van der Waals surface area contributed by atoms with Crippen molar-refractivity contribution in [2.75, 3.05) is 32.6 Å². The molecule has 1 aliphatic rings. The second-order valence-corrected chi connectivity index (χ2v) is 9.47. The SMILES string of the molecule is CN(C)CCNC(=O)c1cnc(NNC(=S)NC2c3cnccc3CCc3c(F)cccc32)c(Cl)c1. The van der Waals surface area contributed by atoms with E-state index in [9.17, 15) is 9.18 Å². The highest BCUT2D eigenvalue weighted by atomic mass is 35.5. The van der Waals surface area contributed by atoms with Crippen molar-refractivity contribution >= 4 is 40.7 Å². The number of nitrogens with one attached hydrogen (secondary N) is 4. The molecule has 1 atom stereocenters. The summed E-state index contributed by atoms with van der Waals surface area (Å²) in [5.41, 5.74) is 9.60. The van der Waals surface area contributed by atoms with E-state index in [0.717, 1.165) is 23.2 Å². The highest BCUT2D eigenvalue weighted by molar-refractivity contribution is 7.80. The molecule has 8 nitrogen and oxygen atoms in total. The lowest BCUT2D eigenvalue weighted by atomic mass is 9.96. The van der Waals surface area contributed by atoms with E-state index in [0.29, 0.717) is 36.3 Å². The van der Waals surface area contributed by atoms with Crippen molar-refractivity contribution in [1.82, 2.24) is 30.9 Å². The van der Waals surface area contributed by atoms with Crippen LogP contribution in [0.1, 0.15) is 38.7 Å². The Morgan fingerprint density at radius 2 is 2.06 bits per heavy atom. The summed E-state index contributed by atoms with van der Waals surface area (Å²) in [5.74, 6) is -0.187. The number of hydrogen-bond donors (Lipinski definition) is 4. The van der Waals surface area contributed by atoms with Crippen molar-refractivity contribution in [2.45, 2.75) is 18.9 Å². The van der Waals surface area contributed by atoms with Crippen LogP contribution in [0.5, 0.6) is 0 Å². The first kappa shape index (κ1) is 25.7. The van der Waals surface area contributed by atoms with Crippen molar-refractivity contribution < 1.29 is 9.18 Å². The molecule has 2 heterocycles. The number of thiocarbonyl (C=S) groups is 1. The molecule has 1 aromatic carbocycles. The second kappa shape index (κ2) is 11.6. The van der Waals surface area contributed by atoms with Gasteiger partial charge in [0.25, 0.3) is 5.91 Å². The fraction of sp³-hybridized carbons (Fsp3) is 0.280. The van der Waals surface area contributed by atoms with Crippen LogP contribution in [0.15, 0.2) is 48.9 Å². The minimum atomic E-state index is -0.389. The fourth-order valence-electron chi connectivity index (χ4n) is 4.05. The van der Waals surface area contributed by atoms with Crippen molar-refractivity contribution in [2.24, 2.45) is 0 Å². The Balaban J connectivity index is 1.44. The number of anilines is 1. The van der Waals surface area contributed by atoms with Gasteiger partial charge in [0.05, 0.1) is 16.6 Å². The normalized spacial score (nSPS) is 14.3. The molecule has 3 aromatic rings. The molecule has 11 heteroatoms. The third kappa shape index (κ3) is 6.07. The van der Waals surface area contributed by atoms with Crippen LogP contribution in [0.2, 0.25) is 5.02 Å². The summed E-state index contributed by atoms with van der Waals surface area (Å²) >= 11 is 11.9. The lowest BCUT2D eigenvalue weighted by Gasteiger charge is -2.23. The average Bonchev–Trinajstić information content (AvgIpc) is 3.01. The quantitative estimate of drug-likeness (QED) is 0.275. The molecule has 4 rings (SSSR count). The van der Waals surface area contributed by atoms with Gasteiger partial charge in [-0.3, -0.25) is 20.6 Å². The van der Waals surface area contributed by atoms with Gasteiger partial charge in [0, 0.05) is 37.2 Å². The molecule has 0 aliphatic heterocycles. The van der Waals surface area contributed by atoms with E-state index >= 15 is 0 Å². The van der Waals surface area contributed by atoms with E-state index < -0.39 is 0 Å². The Labute approximate surface area is 219 Å². The molecule has 4 N–H and O–H groups in total. The first-order chi connectivity index (χ1) is 17.3. The van der Waals surface area contributed by atoms with E-state index in [4.69, 9.17) is 23.8 Å². The van der Waals surface area contributed by atoms with Crippen molar-refractivity contribution in [3.05, 3.63) is 87.6 Å². The van der Waals surface area contributed by atoms with E-state index in [2.05, 4.69) is 31.5 Å². The third-order valence-electron chi connectivity index (χ3n) is 5.89. The monoisotopic (exact) mass is 527 g/mol. The van der Waals surface area contributed by atoms with Crippen LogP contribution in [-0.2, 0) is 12.8 Å². The molecule has 0 spiro atoms. The van der Waals surface area contributed by atoms with Gasteiger partial charge in [-0.15, -0.1) is 0 Å². The molecular weight excluding hydrogens is 501 g/mol. The number of aryl methyl sites for hydroxylation is 1. The highest BCUT2D eigenvalue weighted by Gasteiger charge is 2.26. The number of carbonyl (C=O) groups excluding carboxylic acids is 1. The number of pyridine rings is 2. The number of halogens is 2. The van der Waals surface area contributed by atoms with Crippen LogP contribution in [0.25, 0.3) is 0 Å². The number of rotatable bonds is 7. The third-order valence-corrected chi connectivity index (χ3v) is 6.39. The summed E-state index contributed by atoms with van der Waals surface area (Å²) < 4.78 is 14.6. The zero-order chi connectivity index (χ0) is 25.7. The lowest BCUT2D eigenvalue weighted by Crippen LogP contribution is -2.41. The smallest absolute Gasteiger partial charge is 0.252 e. The molecule has 0 saturated carbocycles. The number of carbonyl (C=O) groups is 1. The summed E-state index contributed by atoms with van der Waals surface area (Å²) in [6.45, 7) is 1.23. The molecule has 0 saturated heterocycles. The summed E-state index contributed by atoms with van der Waals surface area (Å²) in [4.78, 5) is 22.8. The van der Waals surface area contributed by atoms with Gasteiger partial charge in [-0.25, -0.2) is 9.37 Å². The van der Waals surface area contributed by atoms with Crippen LogP contribution in [0, 0.1) is 5.82 Å². The minimum Gasteiger partial charge on any atom is -0.351 e. The van der Waals surface area contributed by atoms with Gasteiger partial charge in [-0.2, -0.15) is 0 Å². The van der Waals surface area contributed by atoms with Crippen molar-refractivity contribution in [1.29, 1.82) is 0 Å². The molecule has 0 bridgehead atoms. The van der Waals surface area contributed by atoms with Crippen molar-refractivity contribution in [3.63, 3.8) is 0 Å². The number of benzene rings is 1. The molecule has 1 aliphatic carbocycles. The largest absolute Gasteiger partial charge is 0.351 e. The molecule has 36 heavy (non-hydrogen) atoms. The first-order valence-corrected chi connectivity index (χ1v) is 12.2. The molecule has 188 valence electrons. The number of amides is 1. The van der Waals surface area contributed by atoms with Gasteiger partial charge in [-0.05, 0) is 74.0 Å². The molecular formula is C25H27ClFN7OS. The summed E-state index contributed by atoms with van der Waals surface area (Å²) in [5, 5.41) is 6.59. The Morgan fingerprint density at radius 1 is 1.22 bits per heavy atom. The summed E-state index contributed by atoms with van der Waals surface area (Å²) in [7, 11) is 3.86. The number of hydrazine groups is 1. The number of likely N-dealkylation sites (N-methyl/N-ethyl adjacent to an activating group) is 1. The van der Waals surface area contributed by atoms with Crippen LogP contribution < -0.4 is 21.5 Å². The van der Waals surface area contributed by atoms with E-state index in [1.807, 2.05) is 31.1 Å². The predicted octanol–water partition coefficient (Wildman–Crippen LogP) is 3.24. The zero-order valence-electron chi connectivity index (χ0n) is 19.9. The first-order valence-electron chi connectivity index (χ1n) is 11.4. The molecule has 0 fully saturated rings. The van der Waals surface area contributed by atoms with Crippen LogP contribution in [-0.4, -0.2) is 53.1 Å². The Kier molecular flexibility index (Phi) is 8.29. The summed E-state index contributed by atoms with van der Waals surface area (Å²) in [6, 6.07) is 8.16. The second-order valence-electron chi connectivity index (χ2n) is 8.65. The van der Waals surface area contributed by atoms with E-state index in [1.165, 1.54) is 18.3 Å². The maximum absolute atomic E-state index is 14.6. The van der Waals surface area contributed by atoms with Gasteiger partial charge in [0.2, 0.25) is 0 Å². The standard InChI is InChI=1S/C25H27ClFN7OS/c1-34(2)11-10-29-24(35)16-12-20(26)23(30-13-16)32-33-25(36)31-22-18-4-3-5-21(27)17(18)7-6-15-8-9-28-14-19(15)22/h3-5,8-9,12-14,22H,6-7,10-11H2,1-2H3,(H,29,35)(H,30,32)(H2,31,33,36). The number of nitrogens with zero attached hydrogens (tertiary/aromatic N) is 3. The number of aromatic nitrogens is 2. The average molecular weight is 528 g/mol. The highest BCUT2D eigenvalue weighted by Crippen LogP contribution is 2.33. The lowest BCUT2D eigenvalue weighted by molar-refractivity contribution is 0.0950.